The highest BCUT2D eigenvalue weighted by Crippen LogP contribution is 2.55. The summed E-state index contributed by atoms with van der Waals surface area (Å²) in [6, 6.07) is 63.7. The van der Waals surface area contributed by atoms with Crippen molar-refractivity contribution in [2.45, 2.75) is 19.3 Å². The van der Waals surface area contributed by atoms with Gasteiger partial charge in [-0.25, -0.2) is 0 Å². The molecule has 2 aliphatic rings. The number of benzene rings is 9. The molecular formula is C51H34. The molecule has 9 aromatic rings. The second-order valence-corrected chi connectivity index (χ2v) is 14.9. The van der Waals surface area contributed by atoms with Crippen LogP contribution < -0.4 is 0 Å². The lowest BCUT2D eigenvalue weighted by Crippen LogP contribution is -2.15. The third-order valence-electron chi connectivity index (χ3n) is 11.8. The fourth-order valence-corrected chi connectivity index (χ4v) is 9.31. The normalized spacial score (nSPS) is 13.5. The van der Waals surface area contributed by atoms with Crippen LogP contribution in [0.4, 0.5) is 0 Å². The van der Waals surface area contributed by atoms with E-state index in [4.69, 9.17) is 0 Å². The zero-order valence-corrected chi connectivity index (χ0v) is 28.7. The quantitative estimate of drug-likeness (QED) is 0.179. The van der Waals surface area contributed by atoms with Crippen LogP contribution in [0.15, 0.2) is 170 Å². The monoisotopic (exact) mass is 646 g/mol. The summed E-state index contributed by atoms with van der Waals surface area (Å²) >= 11 is 0. The van der Waals surface area contributed by atoms with Crippen LogP contribution in [-0.2, 0) is 5.41 Å². The minimum absolute atomic E-state index is 0.100. The predicted molar refractivity (Wildman–Crippen MR) is 217 cm³/mol. The van der Waals surface area contributed by atoms with E-state index in [0.29, 0.717) is 0 Å². The lowest BCUT2D eigenvalue weighted by Gasteiger charge is -2.23. The third kappa shape index (κ3) is 4.02. The van der Waals surface area contributed by atoms with Crippen molar-refractivity contribution < 1.29 is 0 Å². The average molecular weight is 647 g/mol. The summed E-state index contributed by atoms with van der Waals surface area (Å²) in [6.07, 6.45) is 0. The molecular weight excluding hydrogens is 613 g/mol. The van der Waals surface area contributed by atoms with Gasteiger partial charge in [-0.05, 0) is 141 Å². The molecule has 0 heteroatoms. The summed E-state index contributed by atoms with van der Waals surface area (Å²) in [5, 5.41) is 7.82. The molecule has 0 aromatic heterocycles. The van der Waals surface area contributed by atoms with Crippen LogP contribution >= 0.6 is 0 Å². The molecule has 0 radical (unpaired) electrons. The van der Waals surface area contributed by atoms with Crippen LogP contribution in [-0.4, -0.2) is 0 Å². The van der Waals surface area contributed by atoms with Crippen molar-refractivity contribution in [3.63, 3.8) is 0 Å². The maximum Gasteiger partial charge on any atom is 0.0159 e. The minimum atomic E-state index is -0.100. The van der Waals surface area contributed by atoms with E-state index in [9.17, 15) is 0 Å². The van der Waals surface area contributed by atoms with Crippen LogP contribution in [0.5, 0.6) is 0 Å². The van der Waals surface area contributed by atoms with Crippen LogP contribution in [0.3, 0.4) is 0 Å². The average Bonchev–Trinajstić information content (AvgIpc) is 3.61. The maximum absolute atomic E-state index is 2.47. The van der Waals surface area contributed by atoms with E-state index in [0.717, 1.165) is 0 Å². The molecule has 0 fully saturated rings. The molecule has 9 aromatic carbocycles. The molecule has 0 spiro atoms. The van der Waals surface area contributed by atoms with Crippen LogP contribution in [0.25, 0.3) is 99.1 Å². The van der Waals surface area contributed by atoms with E-state index in [1.165, 1.54) is 110 Å². The van der Waals surface area contributed by atoms with Gasteiger partial charge in [0, 0.05) is 5.41 Å². The Morgan fingerprint density at radius 2 is 0.941 bits per heavy atom. The van der Waals surface area contributed by atoms with E-state index < -0.39 is 0 Å². The standard InChI is InChI=1S/C51H34/c1-51(2)46-30-36(22-25-40(46)44-26-33-14-6-7-15-34(33)29-47(44)51)38-24-23-37(28-43(38)31-12-4-3-5-13-31)49-39-19-9-8-16-35(39)27-45-41-20-10-17-32-18-11-21-42(48(32)41)50(45)49/h3-30H,1-2H3. The molecule has 238 valence electrons. The molecule has 0 saturated carbocycles. The highest BCUT2D eigenvalue weighted by atomic mass is 14.4. The molecule has 0 bridgehead atoms. The van der Waals surface area contributed by atoms with Gasteiger partial charge < -0.3 is 0 Å². The molecule has 0 nitrogen and oxygen atoms in total. The topological polar surface area (TPSA) is 0 Å². The maximum atomic E-state index is 2.47. The summed E-state index contributed by atoms with van der Waals surface area (Å²) < 4.78 is 0. The molecule has 0 unspecified atom stereocenters. The molecule has 0 N–H and O–H groups in total. The van der Waals surface area contributed by atoms with Gasteiger partial charge in [0.2, 0.25) is 0 Å². The fraction of sp³-hybridized carbons (Fsp3) is 0.0588. The Hall–Kier alpha value is -6.24. The van der Waals surface area contributed by atoms with Crippen molar-refractivity contribution in [3.8, 4) is 66.8 Å². The van der Waals surface area contributed by atoms with Gasteiger partial charge in [0.25, 0.3) is 0 Å². The van der Waals surface area contributed by atoms with E-state index in [-0.39, 0.29) is 5.41 Å². The molecule has 0 aliphatic heterocycles. The van der Waals surface area contributed by atoms with Gasteiger partial charge in [-0.1, -0.05) is 153 Å². The fourth-order valence-electron chi connectivity index (χ4n) is 9.31. The summed E-state index contributed by atoms with van der Waals surface area (Å²) in [7, 11) is 0. The third-order valence-corrected chi connectivity index (χ3v) is 11.8. The first kappa shape index (κ1) is 28.6. The number of fused-ring (bicyclic) bond motifs is 8. The van der Waals surface area contributed by atoms with E-state index in [1.807, 2.05) is 0 Å². The molecule has 51 heavy (non-hydrogen) atoms. The number of hydrogen-bond donors (Lipinski definition) is 0. The summed E-state index contributed by atoms with van der Waals surface area (Å²) in [4.78, 5) is 0. The SMILES string of the molecule is CC1(C)c2cc(-c3ccc(-c4c5c(cc6ccccc46)-c4cccc6cccc-5c46)cc3-c3ccccc3)ccc2-c2cc3ccccc3cc21. The van der Waals surface area contributed by atoms with Crippen molar-refractivity contribution in [1.29, 1.82) is 0 Å². The molecule has 0 heterocycles. The second-order valence-electron chi connectivity index (χ2n) is 14.9. The zero-order chi connectivity index (χ0) is 33.8. The molecule has 0 atom stereocenters. The highest BCUT2D eigenvalue weighted by molar-refractivity contribution is 6.22. The predicted octanol–water partition coefficient (Wildman–Crippen LogP) is 14.1. The van der Waals surface area contributed by atoms with Crippen molar-refractivity contribution >= 4 is 32.3 Å². The van der Waals surface area contributed by atoms with E-state index >= 15 is 0 Å². The van der Waals surface area contributed by atoms with Crippen LogP contribution in [0.1, 0.15) is 25.0 Å². The summed E-state index contributed by atoms with van der Waals surface area (Å²) in [5.41, 5.74) is 18.3. The van der Waals surface area contributed by atoms with E-state index in [1.54, 1.807) is 0 Å². The molecule has 0 amide bonds. The number of hydrogen-bond acceptors (Lipinski definition) is 0. The summed E-state index contributed by atoms with van der Waals surface area (Å²) in [6.45, 7) is 4.77. The molecule has 11 rings (SSSR count). The second kappa shape index (κ2) is 10.4. The smallest absolute Gasteiger partial charge is 0.0159 e. The Kier molecular flexibility index (Phi) is 5.82. The van der Waals surface area contributed by atoms with Crippen molar-refractivity contribution in [1.82, 2.24) is 0 Å². The van der Waals surface area contributed by atoms with Gasteiger partial charge in [-0.2, -0.15) is 0 Å². The Labute approximate surface area is 298 Å². The Morgan fingerprint density at radius 3 is 1.76 bits per heavy atom. The van der Waals surface area contributed by atoms with Crippen molar-refractivity contribution in [2.24, 2.45) is 0 Å². The zero-order valence-electron chi connectivity index (χ0n) is 28.7. The largest absolute Gasteiger partial charge is 0.0622 e. The first-order valence-corrected chi connectivity index (χ1v) is 18.0. The van der Waals surface area contributed by atoms with Gasteiger partial charge in [-0.3, -0.25) is 0 Å². The number of rotatable bonds is 3. The van der Waals surface area contributed by atoms with Gasteiger partial charge >= 0.3 is 0 Å². The molecule has 2 aliphatic carbocycles. The Morgan fingerprint density at radius 1 is 0.314 bits per heavy atom. The first-order chi connectivity index (χ1) is 25.0. The first-order valence-electron chi connectivity index (χ1n) is 18.0. The van der Waals surface area contributed by atoms with Gasteiger partial charge in [-0.15, -0.1) is 0 Å². The van der Waals surface area contributed by atoms with Crippen molar-refractivity contribution in [3.05, 3.63) is 181 Å². The minimum Gasteiger partial charge on any atom is -0.0622 e. The lowest BCUT2D eigenvalue weighted by atomic mass is 9.80. The van der Waals surface area contributed by atoms with Crippen LogP contribution in [0.2, 0.25) is 0 Å². The van der Waals surface area contributed by atoms with Gasteiger partial charge in [0.05, 0.1) is 0 Å². The Bertz CT molecular complexity index is 2920. The highest BCUT2D eigenvalue weighted by Gasteiger charge is 2.36. The lowest BCUT2D eigenvalue weighted by molar-refractivity contribution is 0.661. The van der Waals surface area contributed by atoms with Crippen LogP contribution in [0, 0.1) is 0 Å². The van der Waals surface area contributed by atoms with Crippen molar-refractivity contribution in [2.75, 3.05) is 0 Å². The molecule has 0 saturated heterocycles. The summed E-state index contributed by atoms with van der Waals surface area (Å²) in [5.74, 6) is 0. The Balaban J connectivity index is 1.14. The van der Waals surface area contributed by atoms with Gasteiger partial charge in [0.1, 0.15) is 0 Å². The van der Waals surface area contributed by atoms with Gasteiger partial charge in [0.15, 0.2) is 0 Å². The van der Waals surface area contributed by atoms with E-state index in [2.05, 4.69) is 184 Å².